The molecule has 12 heavy (non-hydrogen) atoms. The summed E-state index contributed by atoms with van der Waals surface area (Å²) in [5.41, 5.74) is 2.92. The van der Waals surface area contributed by atoms with E-state index in [9.17, 15) is 0 Å². The van der Waals surface area contributed by atoms with Crippen molar-refractivity contribution in [1.29, 1.82) is 0 Å². The van der Waals surface area contributed by atoms with Crippen LogP contribution in [0, 0.1) is 0 Å². The highest BCUT2D eigenvalue weighted by Crippen LogP contribution is 2.21. The minimum atomic E-state index is 0.733. The summed E-state index contributed by atoms with van der Waals surface area (Å²) >= 11 is 0. The fourth-order valence-corrected chi connectivity index (χ4v) is 2.02. The van der Waals surface area contributed by atoms with Crippen molar-refractivity contribution < 1.29 is 0 Å². The first kappa shape index (κ1) is 7.87. The van der Waals surface area contributed by atoms with Crippen LogP contribution in [0.2, 0.25) is 0 Å². The Balaban J connectivity index is 2.23. The predicted molar refractivity (Wildman–Crippen MR) is 50.0 cm³/mol. The van der Waals surface area contributed by atoms with Crippen molar-refractivity contribution in [1.82, 2.24) is 9.88 Å². The van der Waals surface area contributed by atoms with E-state index in [0.717, 1.165) is 12.6 Å². The van der Waals surface area contributed by atoms with Crippen LogP contribution in [0.3, 0.4) is 0 Å². The molecule has 1 N–H and O–H groups in total. The molecule has 2 nitrogen and oxygen atoms in total. The standard InChI is InChI=1S/C10H16N2/c1-3-9-6-10-8(4-5-11-10)7-12(9)2/h4-5,9,11H,3,6-7H2,1-2H3/t9-/m0/s1. The van der Waals surface area contributed by atoms with E-state index in [1.165, 1.54) is 24.1 Å². The van der Waals surface area contributed by atoms with Crippen molar-refractivity contribution in [3.8, 4) is 0 Å². The van der Waals surface area contributed by atoms with Crippen LogP contribution in [0.25, 0.3) is 0 Å². The van der Waals surface area contributed by atoms with Gasteiger partial charge in [-0.2, -0.15) is 0 Å². The molecule has 1 aromatic rings. The first-order valence-corrected chi connectivity index (χ1v) is 4.66. The Bertz CT molecular complexity index is 265. The summed E-state index contributed by atoms with van der Waals surface area (Å²) in [5, 5.41) is 0. The van der Waals surface area contributed by atoms with Gasteiger partial charge in [0.05, 0.1) is 0 Å². The Morgan fingerprint density at radius 1 is 1.67 bits per heavy atom. The molecule has 0 saturated heterocycles. The van der Waals surface area contributed by atoms with Gasteiger partial charge in [-0.05, 0) is 25.1 Å². The smallest absolute Gasteiger partial charge is 0.0251 e. The molecule has 1 aliphatic rings. The molecule has 1 aromatic heterocycles. The molecular formula is C10H16N2. The van der Waals surface area contributed by atoms with Crippen molar-refractivity contribution in [2.24, 2.45) is 0 Å². The number of fused-ring (bicyclic) bond motifs is 1. The molecule has 2 rings (SSSR count). The fraction of sp³-hybridized carbons (Fsp3) is 0.600. The van der Waals surface area contributed by atoms with Gasteiger partial charge in [-0.3, -0.25) is 4.90 Å². The van der Waals surface area contributed by atoms with Gasteiger partial charge in [0.15, 0.2) is 0 Å². The number of rotatable bonds is 1. The summed E-state index contributed by atoms with van der Waals surface area (Å²) in [5.74, 6) is 0. The van der Waals surface area contributed by atoms with Gasteiger partial charge in [0.2, 0.25) is 0 Å². The van der Waals surface area contributed by atoms with E-state index in [0.29, 0.717) is 0 Å². The van der Waals surface area contributed by atoms with E-state index in [1.54, 1.807) is 0 Å². The Labute approximate surface area is 73.6 Å². The third kappa shape index (κ3) is 1.16. The topological polar surface area (TPSA) is 19.0 Å². The zero-order chi connectivity index (χ0) is 8.55. The summed E-state index contributed by atoms with van der Waals surface area (Å²) < 4.78 is 0. The SMILES string of the molecule is CC[C@H]1Cc2[nH]ccc2CN1C. The highest BCUT2D eigenvalue weighted by atomic mass is 15.1. The van der Waals surface area contributed by atoms with E-state index in [1.807, 2.05) is 0 Å². The van der Waals surface area contributed by atoms with Crippen LogP contribution in [0.5, 0.6) is 0 Å². The Morgan fingerprint density at radius 2 is 2.50 bits per heavy atom. The molecule has 0 spiro atoms. The minimum Gasteiger partial charge on any atom is -0.365 e. The Kier molecular flexibility index (Phi) is 1.93. The van der Waals surface area contributed by atoms with Gasteiger partial charge in [-0.15, -0.1) is 0 Å². The van der Waals surface area contributed by atoms with E-state index in [-0.39, 0.29) is 0 Å². The van der Waals surface area contributed by atoms with Gasteiger partial charge >= 0.3 is 0 Å². The van der Waals surface area contributed by atoms with Crippen LogP contribution < -0.4 is 0 Å². The average Bonchev–Trinajstić information content (AvgIpc) is 2.49. The van der Waals surface area contributed by atoms with Crippen molar-refractivity contribution in [2.45, 2.75) is 32.4 Å². The maximum absolute atomic E-state index is 3.32. The summed E-state index contributed by atoms with van der Waals surface area (Å²) in [6, 6.07) is 2.92. The van der Waals surface area contributed by atoms with Crippen molar-refractivity contribution in [3.05, 3.63) is 23.5 Å². The number of hydrogen-bond donors (Lipinski definition) is 1. The van der Waals surface area contributed by atoms with Gasteiger partial charge in [0, 0.05) is 30.9 Å². The molecule has 2 heteroatoms. The Morgan fingerprint density at radius 3 is 3.25 bits per heavy atom. The normalized spacial score (nSPS) is 24.0. The molecule has 0 fully saturated rings. The zero-order valence-electron chi connectivity index (χ0n) is 7.80. The summed E-state index contributed by atoms with van der Waals surface area (Å²) in [6.45, 7) is 3.37. The second-order valence-corrected chi connectivity index (χ2v) is 3.66. The summed E-state index contributed by atoms with van der Waals surface area (Å²) in [6.07, 6.45) is 4.49. The summed E-state index contributed by atoms with van der Waals surface area (Å²) in [7, 11) is 2.21. The second kappa shape index (κ2) is 2.94. The first-order valence-electron chi connectivity index (χ1n) is 4.66. The van der Waals surface area contributed by atoms with Crippen LogP contribution >= 0.6 is 0 Å². The molecule has 0 aliphatic carbocycles. The van der Waals surface area contributed by atoms with Gasteiger partial charge in [0.25, 0.3) is 0 Å². The predicted octanol–water partition coefficient (Wildman–Crippen LogP) is 1.78. The van der Waals surface area contributed by atoms with Gasteiger partial charge in [-0.1, -0.05) is 6.92 Å². The van der Waals surface area contributed by atoms with Gasteiger partial charge in [-0.25, -0.2) is 0 Å². The van der Waals surface area contributed by atoms with Crippen LogP contribution in [-0.4, -0.2) is 23.0 Å². The molecule has 0 bridgehead atoms. The molecule has 0 aromatic carbocycles. The number of nitrogens with one attached hydrogen (secondary N) is 1. The van der Waals surface area contributed by atoms with E-state index < -0.39 is 0 Å². The highest BCUT2D eigenvalue weighted by Gasteiger charge is 2.21. The monoisotopic (exact) mass is 164 g/mol. The van der Waals surface area contributed by atoms with Crippen LogP contribution in [-0.2, 0) is 13.0 Å². The number of aromatic nitrogens is 1. The molecule has 0 saturated carbocycles. The molecule has 0 amide bonds. The van der Waals surface area contributed by atoms with E-state index in [2.05, 4.69) is 36.1 Å². The molecule has 0 radical (unpaired) electrons. The zero-order valence-corrected chi connectivity index (χ0v) is 7.80. The maximum Gasteiger partial charge on any atom is 0.0251 e. The van der Waals surface area contributed by atoms with Crippen molar-refractivity contribution >= 4 is 0 Å². The number of H-pyrrole nitrogens is 1. The third-order valence-corrected chi connectivity index (χ3v) is 2.88. The quantitative estimate of drug-likeness (QED) is 0.670. The fourth-order valence-electron chi connectivity index (χ4n) is 2.02. The van der Waals surface area contributed by atoms with Crippen LogP contribution in [0.15, 0.2) is 12.3 Å². The minimum absolute atomic E-state index is 0.733. The first-order chi connectivity index (χ1) is 5.81. The lowest BCUT2D eigenvalue weighted by Crippen LogP contribution is -2.36. The molecule has 2 heterocycles. The second-order valence-electron chi connectivity index (χ2n) is 3.66. The number of likely N-dealkylation sites (N-methyl/N-ethyl adjacent to an activating group) is 1. The van der Waals surface area contributed by atoms with Crippen molar-refractivity contribution in [3.63, 3.8) is 0 Å². The lowest BCUT2D eigenvalue weighted by Gasteiger charge is -2.31. The number of nitrogens with zero attached hydrogens (tertiary/aromatic N) is 1. The molecular weight excluding hydrogens is 148 g/mol. The maximum atomic E-state index is 3.32. The van der Waals surface area contributed by atoms with Crippen LogP contribution in [0.1, 0.15) is 24.6 Å². The highest BCUT2D eigenvalue weighted by molar-refractivity contribution is 5.23. The largest absolute Gasteiger partial charge is 0.365 e. The van der Waals surface area contributed by atoms with E-state index in [4.69, 9.17) is 0 Å². The molecule has 66 valence electrons. The molecule has 1 atom stereocenters. The lowest BCUT2D eigenvalue weighted by atomic mass is 9.99. The molecule has 0 unspecified atom stereocenters. The number of aromatic amines is 1. The Hall–Kier alpha value is -0.760. The number of hydrogen-bond acceptors (Lipinski definition) is 1. The average molecular weight is 164 g/mol. The van der Waals surface area contributed by atoms with Crippen LogP contribution in [0.4, 0.5) is 0 Å². The van der Waals surface area contributed by atoms with Gasteiger partial charge in [0.1, 0.15) is 0 Å². The van der Waals surface area contributed by atoms with Crippen molar-refractivity contribution in [2.75, 3.05) is 7.05 Å². The third-order valence-electron chi connectivity index (χ3n) is 2.88. The summed E-state index contributed by atoms with van der Waals surface area (Å²) in [4.78, 5) is 5.76. The lowest BCUT2D eigenvalue weighted by molar-refractivity contribution is 0.209. The van der Waals surface area contributed by atoms with E-state index >= 15 is 0 Å². The van der Waals surface area contributed by atoms with Gasteiger partial charge < -0.3 is 4.98 Å². The molecule has 1 aliphatic heterocycles.